The van der Waals surface area contributed by atoms with Crippen molar-refractivity contribution in [3.63, 3.8) is 0 Å². The zero-order valence-electron chi connectivity index (χ0n) is 12.5. The number of aromatic nitrogens is 1. The molecule has 0 amide bonds. The van der Waals surface area contributed by atoms with Gasteiger partial charge < -0.3 is 9.88 Å². The van der Waals surface area contributed by atoms with E-state index in [1.54, 1.807) is 6.07 Å². The highest BCUT2D eigenvalue weighted by atomic mass is 16.1. The van der Waals surface area contributed by atoms with Crippen LogP contribution in [0.4, 0.5) is 0 Å². The molecule has 2 atom stereocenters. The molecular weight excluding hydrogens is 248 g/mol. The fourth-order valence-electron chi connectivity index (χ4n) is 3.86. The Morgan fingerprint density at radius 2 is 2.05 bits per heavy atom. The highest BCUT2D eigenvalue weighted by molar-refractivity contribution is 5.25. The summed E-state index contributed by atoms with van der Waals surface area (Å²) in [4.78, 5) is 12.1. The third kappa shape index (κ3) is 2.83. The molecule has 0 bridgehead atoms. The van der Waals surface area contributed by atoms with Gasteiger partial charge in [0.25, 0.3) is 5.56 Å². The highest BCUT2D eigenvalue weighted by Gasteiger charge is 2.21. The van der Waals surface area contributed by atoms with Gasteiger partial charge in [0.1, 0.15) is 0 Å². The van der Waals surface area contributed by atoms with Crippen LogP contribution < -0.4 is 10.9 Å². The fraction of sp³-hybridized carbons (Fsp3) is 0.706. The molecule has 1 aromatic rings. The van der Waals surface area contributed by atoms with Crippen molar-refractivity contribution in [2.75, 3.05) is 6.54 Å². The van der Waals surface area contributed by atoms with Crippen molar-refractivity contribution < 1.29 is 0 Å². The second-order valence-electron chi connectivity index (χ2n) is 6.47. The molecule has 3 rings (SSSR count). The maximum atomic E-state index is 12.1. The lowest BCUT2D eigenvalue weighted by molar-refractivity contribution is 0.278. The van der Waals surface area contributed by atoms with E-state index in [1.807, 2.05) is 10.6 Å². The third-order valence-electron chi connectivity index (χ3n) is 5.10. The predicted octanol–water partition coefficient (Wildman–Crippen LogP) is 2.51. The third-order valence-corrected chi connectivity index (χ3v) is 5.10. The Morgan fingerprint density at radius 3 is 2.90 bits per heavy atom. The lowest BCUT2D eigenvalue weighted by Crippen LogP contribution is -2.40. The Hall–Kier alpha value is -1.09. The second kappa shape index (κ2) is 6.13. The van der Waals surface area contributed by atoms with E-state index in [4.69, 9.17) is 0 Å². The second-order valence-corrected chi connectivity index (χ2v) is 6.47. The molecule has 2 aliphatic carbocycles. The van der Waals surface area contributed by atoms with Gasteiger partial charge in [-0.3, -0.25) is 4.79 Å². The van der Waals surface area contributed by atoms with Crippen LogP contribution in [-0.2, 0) is 19.4 Å². The molecule has 3 nitrogen and oxygen atoms in total. The lowest BCUT2D eigenvalue weighted by Gasteiger charge is -2.29. The van der Waals surface area contributed by atoms with Crippen molar-refractivity contribution in [1.82, 2.24) is 9.88 Å². The minimum Gasteiger partial charge on any atom is -0.312 e. The van der Waals surface area contributed by atoms with Crippen molar-refractivity contribution in [1.29, 1.82) is 0 Å². The largest absolute Gasteiger partial charge is 0.312 e. The first-order valence-corrected chi connectivity index (χ1v) is 8.20. The summed E-state index contributed by atoms with van der Waals surface area (Å²) < 4.78 is 2.00. The van der Waals surface area contributed by atoms with E-state index < -0.39 is 0 Å². The first-order chi connectivity index (χ1) is 9.75. The molecule has 1 heterocycles. The van der Waals surface area contributed by atoms with Crippen LogP contribution in [0.15, 0.2) is 16.9 Å². The normalized spacial score (nSPS) is 25.6. The van der Waals surface area contributed by atoms with E-state index in [1.165, 1.54) is 43.4 Å². The molecule has 0 aliphatic heterocycles. The number of nitrogens with one attached hydrogen (secondary N) is 1. The van der Waals surface area contributed by atoms with Crippen LogP contribution in [0.1, 0.15) is 50.3 Å². The average Bonchev–Trinajstić information content (AvgIpc) is 2.92. The zero-order valence-corrected chi connectivity index (χ0v) is 12.5. The van der Waals surface area contributed by atoms with Gasteiger partial charge in [0.2, 0.25) is 0 Å². The number of pyridine rings is 1. The summed E-state index contributed by atoms with van der Waals surface area (Å²) in [5.41, 5.74) is 2.84. The van der Waals surface area contributed by atoms with E-state index in [-0.39, 0.29) is 5.56 Å². The Kier molecular flexibility index (Phi) is 4.25. The fourth-order valence-corrected chi connectivity index (χ4v) is 3.86. The van der Waals surface area contributed by atoms with E-state index in [0.717, 1.165) is 31.8 Å². The van der Waals surface area contributed by atoms with Crippen molar-refractivity contribution in [3.8, 4) is 0 Å². The number of rotatable bonds is 4. The smallest absolute Gasteiger partial charge is 0.250 e. The molecule has 1 fully saturated rings. The summed E-state index contributed by atoms with van der Waals surface area (Å²) in [5, 5.41) is 3.68. The Balaban J connectivity index is 1.61. The van der Waals surface area contributed by atoms with E-state index in [2.05, 4.69) is 12.2 Å². The standard InChI is InChI=1S/C17H26N2O/c1-13-5-2-3-7-15(13)18-11-12-19-16-8-4-6-14(16)9-10-17(19)20/h9-10,13,15,18H,2-8,11-12H2,1H3. The predicted molar refractivity (Wildman–Crippen MR) is 82.1 cm³/mol. The van der Waals surface area contributed by atoms with E-state index in [9.17, 15) is 4.79 Å². The minimum absolute atomic E-state index is 0.171. The van der Waals surface area contributed by atoms with Gasteiger partial charge in [-0.15, -0.1) is 0 Å². The summed E-state index contributed by atoms with van der Waals surface area (Å²) in [6.07, 6.45) is 8.79. The molecule has 1 saturated carbocycles. The van der Waals surface area contributed by atoms with Crippen LogP contribution in [0.2, 0.25) is 0 Å². The van der Waals surface area contributed by atoms with Crippen LogP contribution in [0, 0.1) is 5.92 Å². The van der Waals surface area contributed by atoms with Gasteiger partial charge in [-0.05, 0) is 43.6 Å². The number of hydrogen-bond acceptors (Lipinski definition) is 2. The molecule has 20 heavy (non-hydrogen) atoms. The zero-order chi connectivity index (χ0) is 13.9. The number of hydrogen-bond donors (Lipinski definition) is 1. The van der Waals surface area contributed by atoms with Crippen LogP contribution in [0.3, 0.4) is 0 Å². The van der Waals surface area contributed by atoms with E-state index in [0.29, 0.717) is 6.04 Å². The molecule has 0 saturated heterocycles. The summed E-state index contributed by atoms with van der Waals surface area (Å²) in [6.45, 7) is 4.10. The maximum Gasteiger partial charge on any atom is 0.250 e. The molecule has 0 radical (unpaired) electrons. The molecule has 110 valence electrons. The van der Waals surface area contributed by atoms with Crippen LogP contribution >= 0.6 is 0 Å². The summed E-state index contributed by atoms with van der Waals surface area (Å²) in [6, 6.07) is 4.42. The van der Waals surface area contributed by atoms with Crippen molar-refractivity contribution in [2.24, 2.45) is 5.92 Å². The molecule has 0 spiro atoms. The van der Waals surface area contributed by atoms with Gasteiger partial charge >= 0.3 is 0 Å². The topological polar surface area (TPSA) is 34.0 Å². The van der Waals surface area contributed by atoms with Gasteiger partial charge in [-0.1, -0.05) is 25.8 Å². The molecule has 3 heteroatoms. The SMILES string of the molecule is CC1CCCCC1NCCn1c2c(ccc1=O)CCC2. The quantitative estimate of drug-likeness (QED) is 0.915. The Morgan fingerprint density at radius 1 is 1.20 bits per heavy atom. The van der Waals surface area contributed by atoms with Crippen LogP contribution in [-0.4, -0.2) is 17.2 Å². The first kappa shape index (κ1) is 13.9. The van der Waals surface area contributed by atoms with Crippen LogP contribution in [0.5, 0.6) is 0 Å². The van der Waals surface area contributed by atoms with Crippen molar-refractivity contribution in [3.05, 3.63) is 33.7 Å². The molecule has 1 aromatic heterocycles. The lowest BCUT2D eigenvalue weighted by atomic mass is 9.86. The highest BCUT2D eigenvalue weighted by Crippen LogP contribution is 2.23. The van der Waals surface area contributed by atoms with Gasteiger partial charge in [0.05, 0.1) is 0 Å². The Labute approximate surface area is 121 Å². The van der Waals surface area contributed by atoms with Crippen LogP contribution in [0.25, 0.3) is 0 Å². The van der Waals surface area contributed by atoms with Gasteiger partial charge in [0.15, 0.2) is 0 Å². The van der Waals surface area contributed by atoms with Crippen molar-refractivity contribution >= 4 is 0 Å². The van der Waals surface area contributed by atoms with E-state index >= 15 is 0 Å². The molecule has 1 N–H and O–H groups in total. The molecular formula is C17H26N2O. The number of nitrogens with zero attached hydrogens (tertiary/aromatic N) is 1. The molecule has 0 aromatic carbocycles. The Bertz CT molecular complexity index is 520. The summed E-state index contributed by atoms with van der Waals surface area (Å²) in [7, 11) is 0. The van der Waals surface area contributed by atoms with Gasteiger partial charge in [-0.2, -0.15) is 0 Å². The summed E-state index contributed by atoms with van der Waals surface area (Å²) in [5.74, 6) is 0.780. The number of aryl methyl sites for hydroxylation is 1. The average molecular weight is 274 g/mol. The minimum atomic E-state index is 0.171. The molecule has 2 aliphatic rings. The summed E-state index contributed by atoms with van der Waals surface area (Å²) >= 11 is 0. The molecule has 2 unspecified atom stereocenters. The maximum absolute atomic E-state index is 12.1. The van der Waals surface area contributed by atoms with Gasteiger partial charge in [-0.25, -0.2) is 0 Å². The first-order valence-electron chi connectivity index (χ1n) is 8.20. The van der Waals surface area contributed by atoms with Crippen molar-refractivity contribution in [2.45, 2.75) is 64.5 Å². The van der Waals surface area contributed by atoms with Gasteiger partial charge in [0, 0.05) is 30.9 Å². The number of fused-ring (bicyclic) bond motifs is 1. The monoisotopic (exact) mass is 274 g/mol.